The number of aliphatic hydroxyl groups excluding tert-OH is 1. The van der Waals surface area contributed by atoms with Crippen molar-refractivity contribution in [2.45, 2.75) is 32.6 Å². The van der Waals surface area contributed by atoms with Crippen LogP contribution in [0.4, 0.5) is 5.69 Å². The molecule has 1 aliphatic rings. The normalized spacial score (nSPS) is 20.9. The second-order valence-corrected chi connectivity index (χ2v) is 5.35. The first-order chi connectivity index (χ1) is 8.22. The molecule has 1 saturated heterocycles. The minimum absolute atomic E-state index is 0.320. The first-order valence-corrected chi connectivity index (χ1v) is 6.67. The zero-order valence-corrected chi connectivity index (χ0v) is 10.9. The van der Waals surface area contributed by atoms with E-state index in [2.05, 4.69) is 43.0 Å². The maximum Gasteiger partial charge on any atom is 0.0476 e. The smallest absolute Gasteiger partial charge is 0.0476 e. The highest BCUT2D eigenvalue weighted by Gasteiger charge is 2.21. The van der Waals surface area contributed by atoms with Crippen molar-refractivity contribution in [1.82, 2.24) is 0 Å². The lowest BCUT2D eigenvalue weighted by Gasteiger charge is -2.35. The Kier molecular flexibility index (Phi) is 4.06. The third kappa shape index (κ3) is 2.81. The van der Waals surface area contributed by atoms with Crippen molar-refractivity contribution < 1.29 is 5.11 Å². The molecule has 2 heteroatoms. The molecule has 1 aromatic carbocycles. The van der Waals surface area contributed by atoms with E-state index in [9.17, 15) is 5.11 Å². The molecule has 0 saturated carbocycles. The molecule has 2 rings (SSSR count). The van der Waals surface area contributed by atoms with Crippen LogP contribution in [0.2, 0.25) is 0 Å². The van der Waals surface area contributed by atoms with Crippen LogP contribution < -0.4 is 4.90 Å². The lowest BCUT2D eigenvalue weighted by molar-refractivity contribution is 0.208. The Hall–Kier alpha value is -1.02. The van der Waals surface area contributed by atoms with Gasteiger partial charge < -0.3 is 10.0 Å². The number of benzene rings is 1. The van der Waals surface area contributed by atoms with Gasteiger partial charge in [0.2, 0.25) is 0 Å². The van der Waals surface area contributed by atoms with Gasteiger partial charge in [-0.1, -0.05) is 32.0 Å². The molecule has 0 spiro atoms. The zero-order valence-electron chi connectivity index (χ0n) is 10.9. The standard InChI is InChI=1S/C15H23NO/c1-12(2)14-7-3-4-8-15(14)16-9-5-6-13(10-16)11-17/h3-4,7-8,12-13,17H,5-6,9-11H2,1-2H3. The lowest BCUT2D eigenvalue weighted by atomic mass is 9.95. The van der Waals surface area contributed by atoms with Gasteiger partial charge in [0.1, 0.15) is 0 Å². The molecular formula is C15H23NO. The summed E-state index contributed by atoms with van der Waals surface area (Å²) in [5, 5.41) is 9.31. The summed E-state index contributed by atoms with van der Waals surface area (Å²) < 4.78 is 0. The summed E-state index contributed by atoms with van der Waals surface area (Å²) in [5.41, 5.74) is 2.78. The maximum absolute atomic E-state index is 9.31. The molecule has 0 aliphatic carbocycles. The molecular weight excluding hydrogens is 210 g/mol. The molecule has 1 aromatic rings. The maximum atomic E-state index is 9.31. The Morgan fingerprint density at radius 2 is 2.12 bits per heavy atom. The number of anilines is 1. The fraction of sp³-hybridized carbons (Fsp3) is 0.600. The summed E-state index contributed by atoms with van der Waals surface area (Å²) in [6.07, 6.45) is 2.36. The quantitative estimate of drug-likeness (QED) is 0.867. The molecule has 1 atom stereocenters. The summed E-state index contributed by atoms with van der Waals surface area (Å²) in [6.45, 7) is 6.93. The molecule has 1 heterocycles. The second kappa shape index (κ2) is 5.54. The molecule has 1 N–H and O–H groups in total. The van der Waals surface area contributed by atoms with Gasteiger partial charge >= 0.3 is 0 Å². The van der Waals surface area contributed by atoms with Crippen LogP contribution in [0.3, 0.4) is 0 Å². The van der Waals surface area contributed by atoms with Crippen molar-refractivity contribution in [2.75, 3.05) is 24.6 Å². The van der Waals surface area contributed by atoms with Crippen molar-refractivity contribution in [3.8, 4) is 0 Å². The SMILES string of the molecule is CC(C)c1ccccc1N1CCCC(CO)C1. The van der Waals surface area contributed by atoms with E-state index in [1.54, 1.807) is 0 Å². The summed E-state index contributed by atoms with van der Waals surface area (Å²) in [6, 6.07) is 8.67. The minimum Gasteiger partial charge on any atom is -0.396 e. The zero-order chi connectivity index (χ0) is 12.3. The van der Waals surface area contributed by atoms with E-state index < -0.39 is 0 Å². The van der Waals surface area contributed by atoms with E-state index in [4.69, 9.17) is 0 Å². The molecule has 2 nitrogen and oxygen atoms in total. The van der Waals surface area contributed by atoms with Gasteiger partial charge in [-0.2, -0.15) is 0 Å². The van der Waals surface area contributed by atoms with Gasteiger partial charge in [0.25, 0.3) is 0 Å². The molecule has 1 unspecified atom stereocenters. The largest absolute Gasteiger partial charge is 0.396 e. The van der Waals surface area contributed by atoms with Crippen molar-refractivity contribution >= 4 is 5.69 Å². The van der Waals surface area contributed by atoms with Crippen molar-refractivity contribution in [3.63, 3.8) is 0 Å². The lowest BCUT2D eigenvalue weighted by Crippen LogP contribution is -2.37. The molecule has 0 bridgehead atoms. The Balaban J connectivity index is 2.21. The second-order valence-electron chi connectivity index (χ2n) is 5.35. The van der Waals surface area contributed by atoms with Crippen molar-refractivity contribution in [2.24, 2.45) is 5.92 Å². The van der Waals surface area contributed by atoms with Gasteiger partial charge in [0.05, 0.1) is 0 Å². The van der Waals surface area contributed by atoms with E-state index in [-0.39, 0.29) is 0 Å². The number of hydrogen-bond acceptors (Lipinski definition) is 2. The number of aliphatic hydroxyl groups is 1. The Labute approximate surface area is 104 Å². The van der Waals surface area contributed by atoms with E-state index in [0.29, 0.717) is 18.4 Å². The number of hydrogen-bond donors (Lipinski definition) is 1. The number of rotatable bonds is 3. The fourth-order valence-corrected chi connectivity index (χ4v) is 2.70. The van der Waals surface area contributed by atoms with E-state index in [1.807, 2.05) is 0 Å². The molecule has 0 aromatic heterocycles. The monoisotopic (exact) mass is 233 g/mol. The predicted octanol–water partition coefficient (Wildman–Crippen LogP) is 3.02. The highest BCUT2D eigenvalue weighted by atomic mass is 16.3. The molecule has 0 radical (unpaired) electrons. The van der Waals surface area contributed by atoms with E-state index >= 15 is 0 Å². The van der Waals surface area contributed by atoms with Crippen LogP contribution in [0, 0.1) is 5.92 Å². The number of nitrogens with zero attached hydrogens (tertiary/aromatic N) is 1. The molecule has 0 amide bonds. The van der Waals surface area contributed by atoms with Gasteiger partial charge in [-0.3, -0.25) is 0 Å². The van der Waals surface area contributed by atoms with Gasteiger partial charge in [-0.05, 0) is 36.3 Å². The van der Waals surface area contributed by atoms with Gasteiger partial charge in [-0.15, -0.1) is 0 Å². The van der Waals surface area contributed by atoms with Gasteiger partial charge in [0.15, 0.2) is 0 Å². The first-order valence-electron chi connectivity index (χ1n) is 6.67. The Morgan fingerprint density at radius 3 is 2.82 bits per heavy atom. The average molecular weight is 233 g/mol. The van der Waals surface area contributed by atoms with Crippen LogP contribution in [0.5, 0.6) is 0 Å². The third-order valence-corrected chi connectivity index (χ3v) is 3.68. The van der Waals surface area contributed by atoms with Crippen LogP contribution >= 0.6 is 0 Å². The average Bonchev–Trinajstić information content (AvgIpc) is 2.39. The van der Waals surface area contributed by atoms with Crippen LogP contribution in [0.15, 0.2) is 24.3 Å². The summed E-state index contributed by atoms with van der Waals surface area (Å²) in [5.74, 6) is 1.00. The minimum atomic E-state index is 0.320. The number of piperidine rings is 1. The molecule has 94 valence electrons. The Bertz CT molecular complexity index is 362. The highest BCUT2D eigenvalue weighted by Crippen LogP contribution is 2.30. The highest BCUT2D eigenvalue weighted by molar-refractivity contribution is 5.55. The van der Waals surface area contributed by atoms with Crippen LogP contribution in [0.25, 0.3) is 0 Å². The van der Waals surface area contributed by atoms with Crippen molar-refractivity contribution in [1.29, 1.82) is 0 Å². The summed E-state index contributed by atoms with van der Waals surface area (Å²) in [7, 11) is 0. The number of para-hydroxylation sites is 1. The molecule has 17 heavy (non-hydrogen) atoms. The topological polar surface area (TPSA) is 23.5 Å². The van der Waals surface area contributed by atoms with Crippen LogP contribution in [0.1, 0.15) is 38.2 Å². The predicted molar refractivity (Wildman–Crippen MR) is 72.6 cm³/mol. The van der Waals surface area contributed by atoms with E-state index in [1.165, 1.54) is 17.7 Å². The fourth-order valence-electron chi connectivity index (χ4n) is 2.70. The molecule has 1 fully saturated rings. The van der Waals surface area contributed by atoms with Crippen LogP contribution in [-0.4, -0.2) is 24.8 Å². The summed E-state index contributed by atoms with van der Waals surface area (Å²) in [4.78, 5) is 2.44. The summed E-state index contributed by atoms with van der Waals surface area (Å²) >= 11 is 0. The van der Waals surface area contributed by atoms with Gasteiger partial charge in [0, 0.05) is 25.4 Å². The Morgan fingerprint density at radius 1 is 1.35 bits per heavy atom. The van der Waals surface area contributed by atoms with Gasteiger partial charge in [-0.25, -0.2) is 0 Å². The first kappa shape index (κ1) is 12.4. The third-order valence-electron chi connectivity index (χ3n) is 3.68. The van der Waals surface area contributed by atoms with Crippen molar-refractivity contribution in [3.05, 3.63) is 29.8 Å². The van der Waals surface area contributed by atoms with E-state index in [0.717, 1.165) is 19.5 Å². The molecule has 1 aliphatic heterocycles. The van der Waals surface area contributed by atoms with Crippen LogP contribution in [-0.2, 0) is 0 Å².